The molecular weight excluding hydrogens is 282 g/mol. The second kappa shape index (κ2) is 5.60. The van der Waals surface area contributed by atoms with Crippen molar-refractivity contribution in [2.45, 2.75) is 20.4 Å². The molecule has 3 rings (SSSR count). The zero-order valence-electron chi connectivity index (χ0n) is 12.5. The van der Waals surface area contributed by atoms with Crippen LogP contribution in [0.2, 0.25) is 0 Å². The molecule has 0 saturated heterocycles. The van der Waals surface area contributed by atoms with Crippen LogP contribution in [0.1, 0.15) is 28.7 Å². The first-order valence-electron chi connectivity index (χ1n) is 7.13. The lowest BCUT2D eigenvalue weighted by Gasteiger charge is -2.07. The van der Waals surface area contributed by atoms with Crippen molar-refractivity contribution in [3.05, 3.63) is 53.6 Å². The van der Waals surface area contributed by atoms with Gasteiger partial charge in [0.05, 0.1) is 25.0 Å². The number of fused-ring (bicyclic) bond motifs is 1. The maximum atomic E-state index is 11.6. The average Bonchev–Trinajstić information content (AvgIpc) is 3.07. The minimum absolute atomic E-state index is 0.308. The molecule has 1 N–H and O–H groups in total. The molecule has 0 spiro atoms. The monoisotopic (exact) mass is 299 g/mol. The number of rotatable bonds is 5. The van der Waals surface area contributed by atoms with Gasteiger partial charge in [-0.3, -0.25) is 0 Å². The Labute approximate surface area is 127 Å². The van der Waals surface area contributed by atoms with Crippen LogP contribution in [0.5, 0.6) is 5.75 Å². The number of carbonyl (C=O) groups is 1. The van der Waals surface area contributed by atoms with Crippen molar-refractivity contribution in [1.82, 2.24) is 4.57 Å². The summed E-state index contributed by atoms with van der Waals surface area (Å²) in [6.45, 7) is 4.75. The van der Waals surface area contributed by atoms with Gasteiger partial charge < -0.3 is 18.8 Å². The molecule has 0 atom stereocenters. The summed E-state index contributed by atoms with van der Waals surface area (Å²) in [6, 6.07) is 9.23. The molecule has 0 unspecified atom stereocenters. The largest absolute Gasteiger partial charge is 0.494 e. The average molecular weight is 299 g/mol. The molecule has 0 aliphatic heterocycles. The molecule has 0 saturated carbocycles. The third-order valence-electron chi connectivity index (χ3n) is 3.71. The molecule has 0 aliphatic rings. The second-order valence-electron chi connectivity index (χ2n) is 5.04. The molecule has 0 radical (unpaired) electrons. The van der Waals surface area contributed by atoms with E-state index in [9.17, 15) is 9.90 Å². The number of aromatic nitrogens is 1. The summed E-state index contributed by atoms with van der Waals surface area (Å²) in [5.74, 6) is 0.521. The van der Waals surface area contributed by atoms with Crippen molar-refractivity contribution < 1.29 is 19.1 Å². The maximum Gasteiger partial charge on any atom is 0.338 e. The highest BCUT2D eigenvalue weighted by Crippen LogP contribution is 2.30. The number of furan rings is 1. The van der Waals surface area contributed by atoms with Crippen LogP contribution in [0.3, 0.4) is 0 Å². The van der Waals surface area contributed by atoms with Crippen LogP contribution in [0.25, 0.3) is 10.9 Å². The van der Waals surface area contributed by atoms with Crippen LogP contribution in [0.4, 0.5) is 0 Å². The van der Waals surface area contributed by atoms with E-state index >= 15 is 0 Å². The molecule has 3 aromatic rings. The lowest BCUT2D eigenvalue weighted by atomic mass is 10.1. The summed E-state index contributed by atoms with van der Waals surface area (Å²) in [5, 5.41) is 10.2. The Morgan fingerprint density at radius 2 is 2.18 bits per heavy atom. The Balaban J connectivity index is 2.19. The van der Waals surface area contributed by atoms with E-state index < -0.39 is 5.97 Å². The molecule has 114 valence electrons. The lowest BCUT2D eigenvalue weighted by Crippen LogP contribution is -2.03. The number of hydrogen-bond acceptors (Lipinski definition) is 3. The van der Waals surface area contributed by atoms with Gasteiger partial charge in [0.15, 0.2) is 0 Å². The van der Waals surface area contributed by atoms with Gasteiger partial charge in [0.25, 0.3) is 0 Å². The minimum Gasteiger partial charge on any atom is -0.494 e. The first-order valence-corrected chi connectivity index (χ1v) is 7.13. The summed E-state index contributed by atoms with van der Waals surface area (Å²) < 4.78 is 12.8. The van der Waals surface area contributed by atoms with Gasteiger partial charge in [-0.05, 0) is 44.2 Å². The highest BCUT2D eigenvalue weighted by atomic mass is 16.5. The quantitative estimate of drug-likeness (QED) is 0.780. The predicted molar refractivity (Wildman–Crippen MR) is 82.6 cm³/mol. The van der Waals surface area contributed by atoms with Crippen molar-refractivity contribution >= 4 is 16.9 Å². The molecule has 2 aromatic heterocycles. The van der Waals surface area contributed by atoms with Crippen molar-refractivity contribution in [3.8, 4) is 5.75 Å². The van der Waals surface area contributed by atoms with E-state index in [1.807, 2.05) is 42.7 Å². The molecule has 2 heterocycles. The fourth-order valence-corrected chi connectivity index (χ4v) is 2.75. The van der Waals surface area contributed by atoms with E-state index in [1.165, 1.54) is 0 Å². The first kappa shape index (κ1) is 14.3. The third kappa shape index (κ3) is 2.35. The number of aromatic carboxylic acids is 1. The van der Waals surface area contributed by atoms with E-state index in [2.05, 4.69) is 0 Å². The van der Waals surface area contributed by atoms with Gasteiger partial charge in [-0.2, -0.15) is 0 Å². The van der Waals surface area contributed by atoms with Gasteiger partial charge >= 0.3 is 5.97 Å². The van der Waals surface area contributed by atoms with Crippen LogP contribution < -0.4 is 4.74 Å². The summed E-state index contributed by atoms with van der Waals surface area (Å²) in [5.41, 5.74) is 1.87. The second-order valence-corrected chi connectivity index (χ2v) is 5.04. The van der Waals surface area contributed by atoms with Gasteiger partial charge in [-0.15, -0.1) is 0 Å². The highest BCUT2D eigenvalue weighted by molar-refractivity contribution is 6.05. The Morgan fingerprint density at radius 3 is 2.82 bits per heavy atom. The fraction of sp³-hybridized carbons (Fsp3) is 0.235. The Kier molecular flexibility index (Phi) is 3.63. The topological polar surface area (TPSA) is 64.6 Å². The number of hydrogen-bond donors (Lipinski definition) is 1. The molecule has 0 amide bonds. The number of carboxylic acids is 1. The smallest absolute Gasteiger partial charge is 0.338 e. The number of carboxylic acid groups (broad SMARTS) is 1. The van der Waals surface area contributed by atoms with Crippen LogP contribution in [-0.4, -0.2) is 22.2 Å². The molecule has 5 heteroatoms. The van der Waals surface area contributed by atoms with Crippen LogP contribution in [0.15, 0.2) is 41.0 Å². The van der Waals surface area contributed by atoms with Crippen molar-refractivity contribution in [1.29, 1.82) is 0 Å². The number of ether oxygens (including phenoxy) is 1. The molecular formula is C17H17NO4. The minimum atomic E-state index is -0.936. The maximum absolute atomic E-state index is 11.6. The van der Waals surface area contributed by atoms with Crippen LogP contribution in [-0.2, 0) is 6.54 Å². The standard InChI is InChI=1S/C17H17NO4/c1-3-21-12-6-7-15-14(9-12)16(17(19)20)11(2)18(15)10-13-5-4-8-22-13/h4-9H,3,10H2,1-2H3,(H,19,20). The Hall–Kier alpha value is -2.69. The van der Waals surface area contributed by atoms with E-state index in [-0.39, 0.29) is 0 Å². The Morgan fingerprint density at radius 1 is 1.36 bits per heavy atom. The lowest BCUT2D eigenvalue weighted by molar-refractivity contribution is 0.0698. The molecule has 0 fully saturated rings. The summed E-state index contributed by atoms with van der Waals surface area (Å²) in [4.78, 5) is 11.6. The van der Waals surface area contributed by atoms with Crippen molar-refractivity contribution in [3.63, 3.8) is 0 Å². The number of benzene rings is 1. The van der Waals surface area contributed by atoms with Crippen molar-refractivity contribution in [2.24, 2.45) is 0 Å². The van der Waals surface area contributed by atoms with E-state index in [4.69, 9.17) is 9.15 Å². The predicted octanol–water partition coefficient (Wildman–Crippen LogP) is 3.69. The van der Waals surface area contributed by atoms with E-state index in [0.717, 1.165) is 11.3 Å². The summed E-state index contributed by atoms with van der Waals surface area (Å²) in [6.07, 6.45) is 1.61. The number of nitrogens with zero attached hydrogens (tertiary/aromatic N) is 1. The van der Waals surface area contributed by atoms with Crippen LogP contribution in [0, 0.1) is 6.92 Å². The Bertz CT molecular complexity index is 815. The van der Waals surface area contributed by atoms with Gasteiger partial charge in [0.1, 0.15) is 11.5 Å². The van der Waals surface area contributed by atoms with Gasteiger partial charge in [0, 0.05) is 16.6 Å². The van der Waals surface area contributed by atoms with Gasteiger partial charge in [0.2, 0.25) is 0 Å². The molecule has 0 bridgehead atoms. The summed E-state index contributed by atoms with van der Waals surface area (Å²) >= 11 is 0. The van der Waals surface area contributed by atoms with E-state index in [0.29, 0.717) is 35.5 Å². The normalized spacial score (nSPS) is 11.0. The summed E-state index contributed by atoms with van der Waals surface area (Å²) in [7, 11) is 0. The van der Waals surface area contributed by atoms with Gasteiger partial charge in [-0.1, -0.05) is 0 Å². The molecule has 1 aromatic carbocycles. The van der Waals surface area contributed by atoms with E-state index in [1.54, 1.807) is 12.3 Å². The molecule has 5 nitrogen and oxygen atoms in total. The fourth-order valence-electron chi connectivity index (χ4n) is 2.75. The zero-order chi connectivity index (χ0) is 15.7. The highest BCUT2D eigenvalue weighted by Gasteiger charge is 2.20. The van der Waals surface area contributed by atoms with Gasteiger partial charge in [-0.25, -0.2) is 4.79 Å². The van der Waals surface area contributed by atoms with Crippen molar-refractivity contribution in [2.75, 3.05) is 6.61 Å². The molecule has 22 heavy (non-hydrogen) atoms. The third-order valence-corrected chi connectivity index (χ3v) is 3.71. The first-order chi connectivity index (χ1) is 10.6. The van der Waals surface area contributed by atoms with Crippen LogP contribution >= 0.6 is 0 Å². The zero-order valence-corrected chi connectivity index (χ0v) is 12.5. The SMILES string of the molecule is CCOc1ccc2c(c1)c(C(=O)O)c(C)n2Cc1ccco1. The molecule has 0 aliphatic carbocycles.